The number of para-hydroxylation sites is 1. The molecule has 2 aliphatic carbocycles. The predicted molar refractivity (Wildman–Crippen MR) is 218 cm³/mol. The van der Waals surface area contributed by atoms with Gasteiger partial charge in [-0.3, -0.25) is 0 Å². The van der Waals surface area contributed by atoms with Crippen LogP contribution in [-0.2, 0) is 0 Å². The van der Waals surface area contributed by atoms with Gasteiger partial charge in [0.25, 0.3) is 0 Å². The lowest BCUT2D eigenvalue weighted by molar-refractivity contribution is 0.696. The molecule has 7 aromatic rings. The fraction of sp³-hybridized carbons (Fsp3) is 0.102. The predicted octanol–water partition coefficient (Wildman–Crippen LogP) is 13.5. The Kier molecular flexibility index (Phi) is 8.06. The molecule has 0 N–H and O–H groups in total. The van der Waals surface area contributed by atoms with Crippen molar-refractivity contribution in [3.8, 4) is 27.9 Å². The summed E-state index contributed by atoms with van der Waals surface area (Å²) >= 11 is 0. The summed E-state index contributed by atoms with van der Waals surface area (Å²) in [5.74, 6) is 0.475. The van der Waals surface area contributed by atoms with E-state index in [-0.39, 0.29) is 0 Å². The van der Waals surface area contributed by atoms with Crippen molar-refractivity contribution in [1.29, 1.82) is 0 Å². The second-order valence-corrected chi connectivity index (χ2v) is 13.8. The van der Waals surface area contributed by atoms with E-state index in [2.05, 4.69) is 198 Å². The number of anilines is 2. The number of hydrogen-bond donors (Lipinski definition) is 0. The Balaban J connectivity index is 1.12. The summed E-state index contributed by atoms with van der Waals surface area (Å²) in [5.41, 5.74) is 14.8. The van der Waals surface area contributed by atoms with Crippen molar-refractivity contribution in [2.24, 2.45) is 5.92 Å². The number of benzene rings is 6. The minimum absolute atomic E-state index is 0.475. The third-order valence-electron chi connectivity index (χ3n) is 10.4. The van der Waals surface area contributed by atoms with Gasteiger partial charge < -0.3 is 9.47 Å². The second kappa shape index (κ2) is 13.3. The Morgan fingerprint density at radius 2 is 1.18 bits per heavy atom. The van der Waals surface area contributed by atoms with Gasteiger partial charge in [0.05, 0.1) is 11.0 Å². The fourth-order valence-electron chi connectivity index (χ4n) is 7.80. The first-order chi connectivity index (χ1) is 25.2. The Morgan fingerprint density at radius 1 is 0.549 bits per heavy atom. The zero-order valence-electron chi connectivity index (χ0n) is 28.9. The van der Waals surface area contributed by atoms with Gasteiger partial charge in [-0.1, -0.05) is 140 Å². The number of rotatable bonds is 7. The lowest BCUT2D eigenvalue weighted by Crippen LogP contribution is -2.19. The molecule has 0 amide bonds. The highest BCUT2D eigenvalue weighted by Crippen LogP contribution is 2.40. The van der Waals surface area contributed by atoms with Gasteiger partial charge in [0.15, 0.2) is 0 Å². The van der Waals surface area contributed by atoms with Crippen LogP contribution in [0.25, 0.3) is 55.3 Å². The molecule has 51 heavy (non-hydrogen) atoms. The molecule has 1 heterocycles. The van der Waals surface area contributed by atoms with Crippen LogP contribution in [0.2, 0.25) is 0 Å². The summed E-state index contributed by atoms with van der Waals surface area (Å²) < 4.78 is 2.43. The van der Waals surface area contributed by atoms with E-state index in [1.54, 1.807) is 0 Å². The van der Waals surface area contributed by atoms with Gasteiger partial charge in [-0.15, -0.1) is 0 Å². The maximum Gasteiger partial charge on any atom is 0.0561 e. The Bertz CT molecular complexity index is 2470. The first-order valence-corrected chi connectivity index (χ1v) is 18.1. The van der Waals surface area contributed by atoms with Crippen molar-refractivity contribution in [2.45, 2.75) is 26.2 Å². The van der Waals surface area contributed by atoms with E-state index in [1.807, 2.05) is 0 Å². The van der Waals surface area contributed by atoms with E-state index in [1.165, 1.54) is 60.9 Å². The SMILES string of the molecule is CC1C=CC=C(N(c2ccc(-c3ccccc3)cc2)c2ccc3c4ccccc4n(-c4ccc(-c5ccc(C6=CC=CCC6)cc5)cc4)c3c2)C1. The minimum atomic E-state index is 0.475. The lowest BCUT2D eigenvalue weighted by atomic mass is 9.95. The zero-order valence-corrected chi connectivity index (χ0v) is 28.9. The maximum atomic E-state index is 2.45. The molecule has 9 rings (SSSR count). The molecule has 2 aliphatic rings. The fourth-order valence-corrected chi connectivity index (χ4v) is 7.80. The van der Waals surface area contributed by atoms with Crippen molar-refractivity contribution < 1.29 is 0 Å². The highest BCUT2D eigenvalue weighted by molar-refractivity contribution is 6.10. The minimum Gasteiger partial charge on any atom is -0.314 e. The first kappa shape index (κ1) is 30.9. The summed E-state index contributed by atoms with van der Waals surface area (Å²) in [7, 11) is 0. The van der Waals surface area contributed by atoms with Crippen molar-refractivity contribution in [2.75, 3.05) is 4.90 Å². The van der Waals surface area contributed by atoms with Crippen LogP contribution in [0.15, 0.2) is 188 Å². The van der Waals surface area contributed by atoms with Gasteiger partial charge in [-0.2, -0.15) is 0 Å². The average molecular weight is 657 g/mol. The third kappa shape index (κ3) is 5.93. The summed E-state index contributed by atoms with van der Waals surface area (Å²) in [6.45, 7) is 2.30. The molecule has 0 aliphatic heterocycles. The van der Waals surface area contributed by atoms with Gasteiger partial charge in [0, 0.05) is 33.5 Å². The van der Waals surface area contributed by atoms with Crippen LogP contribution in [0, 0.1) is 5.92 Å². The topological polar surface area (TPSA) is 8.17 Å². The Hall–Kier alpha value is -6.12. The molecule has 0 saturated heterocycles. The molecule has 0 fully saturated rings. The number of aromatic nitrogens is 1. The van der Waals surface area contributed by atoms with E-state index in [0.717, 1.165) is 36.3 Å². The van der Waals surface area contributed by atoms with Crippen LogP contribution in [-0.4, -0.2) is 4.57 Å². The van der Waals surface area contributed by atoms with Crippen LogP contribution in [0.3, 0.4) is 0 Å². The number of nitrogens with zero attached hydrogens (tertiary/aromatic N) is 2. The standard InChI is InChI=1S/C49H40N2/c1-35-11-10-16-44(33-35)50(42-27-23-40(24-28-42)37-14-6-3-7-15-37)45-31-32-47-46-17-8-9-18-48(46)51(49(47)34-45)43-29-25-41(26-30-43)39-21-19-38(20-22-39)36-12-4-2-5-13-36/h2-4,6-12,14-32,34-35H,5,13,33H2,1H3. The molecule has 1 aromatic heterocycles. The zero-order chi connectivity index (χ0) is 34.1. The molecule has 6 aromatic carbocycles. The number of fused-ring (bicyclic) bond motifs is 3. The first-order valence-electron chi connectivity index (χ1n) is 18.1. The van der Waals surface area contributed by atoms with Crippen molar-refractivity contribution in [3.05, 3.63) is 193 Å². The summed E-state index contributed by atoms with van der Waals surface area (Å²) in [6.07, 6.45) is 16.7. The molecule has 1 atom stereocenters. The number of allylic oxidation sites excluding steroid dienone is 8. The number of hydrogen-bond acceptors (Lipinski definition) is 1. The van der Waals surface area contributed by atoms with Crippen molar-refractivity contribution in [3.63, 3.8) is 0 Å². The van der Waals surface area contributed by atoms with Gasteiger partial charge in [0.2, 0.25) is 0 Å². The van der Waals surface area contributed by atoms with E-state index in [4.69, 9.17) is 0 Å². The van der Waals surface area contributed by atoms with Gasteiger partial charge in [-0.25, -0.2) is 0 Å². The summed E-state index contributed by atoms with van der Waals surface area (Å²) in [4.78, 5) is 2.45. The van der Waals surface area contributed by atoms with Crippen LogP contribution < -0.4 is 4.90 Å². The molecule has 2 heteroatoms. The molecule has 1 unspecified atom stereocenters. The van der Waals surface area contributed by atoms with Crippen LogP contribution >= 0.6 is 0 Å². The quantitative estimate of drug-likeness (QED) is 0.166. The molecule has 0 bridgehead atoms. The van der Waals surface area contributed by atoms with E-state index in [0.29, 0.717) is 5.92 Å². The van der Waals surface area contributed by atoms with Gasteiger partial charge in [0.1, 0.15) is 0 Å². The summed E-state index contributed by atoms with van der Waals surface area (Å²) in [5, 5.41) is 2.52. The van der Waals surface area contributed by atoms with Gasteiger partial charge in [-0.05, 0) is 107 Å². The normalized spacial score (nSPS) is 15.6. The van der Waals surface area contributed by atoms with E-state index >= 15 is 0 Å². The molecule has 0 saturated carbocycles. The molecule has 246 valence electrons. The molecule has 0 spiro atoms. The Labute approximate surface area is 300 Å². The van der Waals surface area contributed by atoms with E-state index < -0.39 is 0 Å². The lowest BCUT2D eigenvalue weighted by Gasteiger charge is -2.30. The Morgan fingerprint density at radius 3 is 1.90 bits per heavy atom. The monoisotopic (exact) mass is 656 g/mol. The maximum absolute atomic E-state index is 2.45. The third-order valence-corrected chi connectivity index (χ3v) is 10.4. The van der Waals surface area contributed by atoms with Crippen LogP contribution in [0.1, 0.15) is 31.7 Å². The largest absolute Gasteiger partial charge is 0.314 e. The molecule has 2 nitrogen and oxygen atoms in total. The molecular weight excluding hydrogens is 617 g/mol. The smallest absolute Gasteiger partial charge is 0.0561 e. The van der Waals surface area contributed by atoms with Crippen LogP contribution in [0.4, 0.5) is 11.4 Å². The highest BCUT2D eigenvalue weighted by Gasteiger charge is 2.21. The van der Waals surface area contributed by atoms with Gasteiger partial charge >= 0.3 is 0 Å². The van der Waals surface area contributed by atoms with Crippen molar-refractivity contribution in [1.82, 2.24) is 4.57 Å². The molecule has 0 radical (unpaired) electrons. The van der Waals surface area contributed by atoms with Crippen molar-refractivity contribution >= 4 is 38.8 Å². The summed E-state index contributed by atoms with van der Waals surface area (Å²) in [6, 6.07) is 53.5. The highest BCUT2D eigenvalue weighted by atomic mass is 15.2. The average Bonchev–Trinajstić information content (AvgIpc) is 3.53. The second-order valence-electron chi connectivity index (χ2n) is 13.8. The van der Waals surface area contributed by atoms with Crippen LogP contribution in [0.5, 0.6) is 0 Å². The molecular formula is C49H40N2. The van der Waals surface area contributed by atoms with E-state index in [9.17, 15) is 0 Å².